The maximum Gasteiger partial charge on any atom is 0.224 e. The highest BCUT2D eigenvalue weighted by molar-refractivity contribution is 5.93. The first kappa shape index (κ1) is 13.9. The van der Waals surface area contributed by atoms with Crippen LogP contribution in [-0.2, 0) is 16.0 Å². The molecule has 0 atom stereocenters. The molecule has 3 N–H and O–H groups in total. The Labute approximate surface area is 117 Å². The predicted molar refractivity (Wildman–Crippen MR) is 78.5 cm³/mol. The number of aryl methyl sites for hydroxylation is 1. The van der Waals surface area contributed by atoms with Gasteiger partial charge in [0.15, 0.2) is 0 Å². The molecule has 1 aromatic heterocycles. The number of aromatic nitrogens is 1. The Balaban J connectivity index is 1.88. The molecule has 0 fully saturated rings. The monoisotopic (exact) mass is 271 g/mol. The summed E-state index contributed by atoms with van der Waals surface area (Å²) < 4.78 is 0. The van der Waals surface area contributed by atoms with E-state index in [2.05, 4.69) is 15.6 Å². The van der Waals surface area contributed by atoms with Crippen molar-refractivity contribution in [2.24, 2.45) is 0 Å². The summed E-state index contributed by atoms with van der Waals surface area (Å²) in [5, 5.41) is 5.49. The average Bonchev–Trinajstić information content (AvgIpc) is 2.89. The van der Waals surface area contributed by atoms with Crippen LogP contribution in [0.3, 0.4) is 0 Å². The molecule has 0 unspecified atom stereocenters. The molecule has 0 radical (unpaired) electrons. The van der Waals surface area contributed by atoms with E-state index in [0.29, 0.717) is 24.2 Å². The van der Waals surface area contributed by atoms with Gasteiger partial charge in [-0.3, -0.25) is 9.59 Å². The third kappa shape index (κ3) is 4.28. The van der Waals surface area contributed by atoms with Crippen molar-refractivity contribution < 1.29 is 9.59 Å². The van der Waals surface area contributed by atoms with E-state index in [-0.39, 0.29) is 11.8 Å². The van der Waals surface area contributed by atoms with Crippen molar-refractivity contribution in [1.82, 2.24) is 4.98 Å². The third-order valence-corrected chi connectivity index (χ3v) is 2.75. The molecule has 2 amide bonds. The normalized spacial score (nSPS) is 10.1. The van der Waals surface area contributed by atoms with Crippen LogP contribution in [0.25, 0.3) is 0 Å². The molecule has 20 heavy (non-hydrogen) atoms. The number of amides is 2. The van der Waals surface area contributed by atoms with Crippen LogP contribution in [0, 0.1) is 0 Å². The first-order valence-electron chi connectivity index (χ1n) is 6.43. The fourth-order valence-corrected chi connectivity index (χ4v) is 1.87. The molecule has 5 heteroatoms. The number of hydrogen-bond donors (Lipinski definition) is 3. The number of benzene rings is 1. The first-order valence-corrected chi connectivity index (χ1v) is 6.43. The van der Waals surface area contributed by atoms with Crippen LogP contribution in [0.2, 0.25) is 0 Å². The van der Waals surface area contributed by atoms with Crippen LogP contribution in [0.4, 0.5) is 11.4 Å². The maximum atomic E-state index is 11.8. The summed E-state index contributed by atoms with van der Waals surface area (Å²) in [4.78, 5) is 25.9. The molecule has 0 saturated heterocycles. The van der Waals surface area contributed by atoms with Crippen molar-refractivity contribution in [2.45, 2.75) is 19.8 Å². The van der Waals surface area contributed by atoms with E-state index in [9.17, 15) is 9.59 Å². The molecule has 0 saturated carbocycles. The minimum atomic E-state index is -0.139. The van der Waals surface area contributed by atoms with E-state index in [1.807, 2.05) is 18.3 Å². The van der Waals surface area contributed by atoms with Crippen LogP contribution in [0.5, 0.6) is 0 Å². The number of aromatic amines is 1. The van der Waals surface area contributed by atoms with Crippen LogP contribution in [0.15, 0.2) is 42.6 Å². The second kappa shape index (κ2) is 6.56. The number of anilines is 2. The van der Waals surface area contributed by atoms with Gasteiger partial charge in [0.25, 0.3) is 0 Å². The lowest BCUT2D eigenvalue weighted by Gasteiger charge is -2.07. The minimum absolute atomic E-state index is 0.0559. The molecule has 2 aromatic rings. The lowest BCUT2D eigenvalue weighted by molar-refractivity contribution is -0.116. The second-order valence-corrected chi connectivity index (χ2v) is 4.51. The predicted octanol–water partition coefficient (Wildman–Crippen LogP) is 2.54. The zero-order chi connectivity index (χ0) is 14.4. The Morgan fingerprint density at radius 1 is 1.10 bits per heavy atom. The van der Waals surface area contributed by atoms with Gasteiger partial charge in [-0.1, -0.05) is 6.07 Å². The highest BCUT2D eigenvalue weighted by Gasteiger charge is 2.04. The van der Waals surface area contributed by atoms with Gasteiger partial charge in [0.1, 0.15) is 0 Å². The molecule has 0 aliphatic rings. The quantitative estimate of drug-likeness (QED) is 0.781. The van der Waals surface area contributed by atoms with Crippen LogP contribution >= 0.6 is 0 Å². The summed E-state index contributed by atoms with van der Waals surface area (Å²) in [5.41, 5.74) is 2.37. The Morgan fingerprint density at radius 3 is 2.50 bits per heavy atom. The molecule has 1 heterocycles. The number of carbonyl (C=O) groups is 2. The van der Waals surface area contributed by atoms with E-state index in [4.69, 9.17) is 0 Å². The number of H-pyrrole nitrogens is 1. The maximum absolute atomic E-state index is 11.8. The summed E-state index contributed by atoms with van der Waals surface area (Å²) in [5.74, 6) is -0.195. The standard InChI is InChI=1S/C15H17N3O2/c1-11(19)17-13-4-2-5-14(10-13)18-15(20)8-7-12-6-3-9-16-12/h2-6,9-10,16H,7-8H2,1H3,(H,17,19)(H,18,20). The van der Waals surface area contributed by atoms with Gasteiger partial charge in [0, 0.05) is 36.6 Å². The van der Waals surface area contributed by atoms with Crippen molar-refractivity contribution >= 4 is 23.2 Å². The summed E-state index contributed by atoms with van der Waals surface area (Å²) in [6.45, 7) is 1.45. The highest BCUT2D eigenvalue weighted by Crippen LogP contribution is 2.15. The topological polar surface area (TPSA) is 74.0 Å². The van der Waals surface area contributed by atoms with Crippen molar-refractivity contribution in [3.05, 3.63) is 48.3 Å². The number of nitrogens with one attached hydrogen (secondary N) is 3. The van der Waals surface area contributed by atoms with Gasteiger partial charge in [-0.15, -0.1) is 0 Å². The van der Waals surface area contributed by atoms with E-state index in [1.165, 1.54) is 6.92 Å². The van der Waals surface area contributed by atoms with Crippen LogP contribution < -0.4 is 10.6 Å². The molecule has 104 valence electrons. The minimum Gasteiger partial charge on any atom is -0.365 e. The summed E-state index contributed by atoms with van der Waals surface area (Å²) in [6, 6.07) is 10.9. The van der Waals surface area contributed by atoms with Crippen LogP contribution in [0.1, 0.15) is 19.0 Å². The molecular formula is C15H17N3O2. The number of hydrogen-bond acceptors (Lipinski definition) is 2. The smallest absolute Gasteiger partial charge is 0.224 e. The van der Waals surface area contributed by atoms with E-state index < -0.39 is 0 Å². The van der Waals surface area contributed by atoms with Gasteiger partial charge in [-0.05, 0) is 36.8 Å². The molecule has 5 nitrogen and oxygen atoms in total. The molecule has 0 bridgehead atoms. The van der Waals surface area contributed by atoms with Crippen LogP contribution in [-0.4, -0.2) is 16.8 Å². The van der Waals surface area contributed by atoms with Gasteiger partial charge >= 0.3 is 0 Å². The molecule has 0 spiro atoms. The largest absolute Gasteiger partial charge is 0.365 e. The molecule has 0 aliphatic carbocycles. The van der Waals surface area contributed by atoms with E-state index in [0.717, 1.165) is 5.69 Å². The van der Waals surface area contributed by atoms with Crippen molar-refractivity contribution in [2.75, 3.05) is 10.6 Å². The van der Waals surface area contributed by atoms with Gasteiger partial charge in [0.2, 0.25) is 11.8 Å². The highest BCUT2D eigenvalue weighted by atomic mass is 16.2. The molecule has 1 aromatic carbocycles. The Hall–Kier alpha value is -2.56. The van der Waals surface area contributed by atoms with E-state index in [1.54, 1.807) is 24.3 Å². The van der Waals surface area contributed by atoms with Gasteiger partial charge in [0.05, 0.1) is 0 Å². The Kier molecular flexibility index (Phi) is 4.55. The summed E-state index contributed by atoms with van der Waals surface area (Å²) in [7, 11) is 0. The van der Waals surface area contributed by atoms with Crippen molar-refractivity contribution in [1.29, 1.82) is 0 Å². The average molecular weight is 271 g/mol. The third-order valence-electron chi connectivity index (χ3n) is 2.75. The zero-order valence-electron chi connectivity index (χ0n) is 11.3. The summed E-state index contributed by atoms with van der Waals surface area (Å²) in [6.07, 6.45) is 2.92. The lowest BCUT2D eigenvalue weighted by Crippen LogP contribution is -2.13. The first-order chi connectivity index (χ1) is 9.63. The van der Waals surface area contributed by atoms with Gasteiger partial charge in [-0.25, -0.2) is 0 Å². The molecule has 0 aliphatic heterocycles. The fraction of sp³-hybridized carbons (Fsp3) is 0.200. The second-order valence-electron chi connectivity index (χ2n) is 4.51. The summed E-state index contributed by atoms with van der Waals surface area (Å²) >= 11 is 0. The fourth-order valence-electron chi connectivity index (χ4n) is 1.87. The van der Waals surface area contributed by atoms with E-state index >= 15 is 0 Å². The Bertz CT molecular complexity index is 591. The Morgan fingerprint density at radius 2 is 1.85 bits per heavy atom. The van der Waals surface area contributed by atoms with Crippen molar-refractivity contribution in [3.8, 4) is 0 Å². The number of carbonyl (C=O) groups excluding carboxylic acids is 2. The molecule has 2 rings (SSSR count). The lowest BCUT2D eigenvalue weighted by atomic mass is 10.2. The SMILES string of the molecule is CC(=O)Nc1cccc(NC(=O)CCc2ccc[nH]2)c1. The van der Waals surface area contributed by atoms with Crippen molar-refractivity contribution in [3.63, 3.8) is 0 Å². The molecular weight excluding hydrogens is 254 g/mol. The number of rotatable bonds is 5. The zero-order valence-corrected chi connectivity index (χ0v) is 11.3. The van der Waals surface area contributed by atoms with Gasteiger partial charge < -0.3 is 15.6 Å². The van der Waals surface area contributed by atoms with Gasteiger partial charge in [-0.2, -0.15) is 0 Å².